The Hall–Kier alpha value is -9.06. The second kappa shape index (κ2) is 29.6. The van der Waals surface area contributed by atoms with E-state index in [4.69, 9.17) is 14.2 Å². The molecule has 0 aliphatic carbocycles. The molecule has 24 nitrogen and oxygen atoms in total. The molecule has 2 unspecified atom stereocenters. The first-order chi connectivity index (χ1) is 40.8. The number of nitro benzene ring substituents is 2. The van der Waals surface area contributed by atoms with Crippen LogP contribution in [0.3, 0.4) is 0 Å². The van der Waals surface area contributed by atoms with E-state index in [1.165, 1.54) is 19.4 Å². The van der Waals surface area contributed by atoms with Crippen LogP contribution in [0.2, 0.25) is 0 Å². The van der Waals surface area contributed by atoms with Crippen LogP contribution in [0.25, 0.3) is 0 Å². The summed E-state index contributed by atoms with van der Waals surface area (Å²) in [7, 11) is 0. The molecule has 0 saturated carbocycles. The van der Waals surface area contributed by atoms with Crippen LogP contribution in [0.5, 0.6) is 5.75 Å². The van der Waals surface area contributed by atoms with Gasteiger partial charge in [0.15, 0.2) is 5.78 Å². The first kappa shape index (κ1) is 66.1. The van der Waals surface area contributed by atoms with Crippen molar-refractivity contribution in [2.24, 2.45) is 17.8 Å². The smallest absolute Gasteiger partial charge is 0.408 e. The van der Waals surface area contributed by atoms with Gasteiger partial charge < -0.3 is 45.2 Å². The number of aromatic nitrogens is 2. The summed E-state index contributed by atoms with van der Waals surface area (Å²) in [6, 6.07) is 19.6. The van der Waals surface area contributed by atoms with Crippen LogP contribution in [0, 0.1) is 38.0 Å². The van der Waals surface area contributed by atoms with Crippen LogP contribution in [0.1, 0.15) is 110 Å². The van der Waals surface area contributed by atoms with Gasteiger partial charge in [-0.15, -0.1) is 0 Å². The van der Waals surface area contributed by atoms with Crippen molar-refractivity contribution in [3.05, 3.63) is 158 Å². The van der Waals surface area contributed by atoms with Crippen molar-refractivity contribution in [1.82, 2.24) is 30.8 Å². The highest BCUT2D eigenvalue weighted by Gasteiger charge is 2.55. The highest BCUT2D eigenvalue weighted by molar-refractivity contribution is 6.12. The Labute approximate surface area is 499 Å². The van der Waals surface area contributed by atoms with Gasteiger partial charge in [0.2, 0.25) is 23.3 Å². The molecule has 460 valence electrons. The van der Waals surface area contributed by atoms with Crippen LogP contribution in [-0.2, 0) is 64.3 Å². The van der Waals surface area contributed by atoms with E-state index in [9.17, 15) is 39.7 Å². The van der Waals surface area contributed by atoms with Gasteiger partial charge in [0, 0.05) is 37.6 Å². The highest BCUT2D eigenvalue weighted by atomic mass is 16.6. The first-order valence-corrected chi connectivity index (χ1v) is 28.7. The second-order valence-corrected chi connectivity index (χ2v) is 22.8. The molecule has 86 heavy (non-hydrogen) atoms. The van der Waals surface area contributed by atoms with Gasteiger partial charge in [-0.3, -0.25) is 49.1 Å². The minimum atomic E-state index is -2.81. The van der Waals surface area contributed by atoms with Gasteiger partial charge in [-0.2, -0.15) is 0 Å². The molecule has 1 fully saturated rings. The zero-order valence-corrected chi connectivity index (χ0v) is 49.9. The lowest BCUT2D eigenvalue weighted by Crippen LogP contribution is -2.63. The molecule has 1 aliphatic heterocycles. The zero-order chi connectivity index (χ0) is 63.0. The number of rotatable bonds is 28. The number of benzene rings is 4. The van der Waals surface area contributed by atoms with E-state index in [0.717, 1.165) is 28.7 Å². The number of ether oxygens (including phenoxy) is 3. The molecule has 6 rings (SSSR count). The van der Waals surface area contributed by atoms with Crippen LogP contribution >= 0.6 is 0 Å². The molecule has 1 aromatic heterocycles. The van der Waals surface area contributed by atoms with Crippen LogP contribution in [0.15, 0.2) is 116 Å². The summed E-state index contributed by atoms with van der Waals surface area (Å²) in [4.78, 5) is 136. The first-order valence-electron chi connectivity index (χ1n) is 28.7. The SMILES string of the molecule is CCC(C)C(O)(C(=O)OCc1ccccc1)C(=O)[C@@H]1CCCN1C(=O)[C@H](Cc1c[nH]cn1)N(C(=O)[C@@H](NC(=O)[C@H](Cc1ccc(OCc2ccccc2)cc1)NC(=O)[C@@H](NC(=O)OC(C)(C)C)C(C)C)[C@@H](C)CC)c1cccc([N+](=O)[O-])c1[N+](=O)[O-]. The average Bonchev–Trinajstić information content (AvgIpc) is 2.49. The van der Waals surface area contributed by atoms with Crippen molar-refractivity contribution in [2.45, 2.75) is 155 Å². The number of nitro groups is 2. The van der Waals surface area contributed by atoms with Crippen molar-refractivity contribution >= 4 is 58.5 Å². The van der Waals surface area contributed by atoms with Crippen molar-refractivity contribution in [2.75, 3.05) is 11.4 Å². The standard InChI is InChI=1S/C62H77N9O15/c1-10-39(5)52(66-55(73)46(65-56(74)51(38(3)4)67-60(78)86-61(7,8)9)32-41-27-29-45(30-28-41)84-35-42-20-14-12-15-21-42)58(76)69(47-24-18-25-48(70(80)81)53(47)71(82)83)50(33-44-34-63-37-64-44)57(75)68-31-19-26-49(68)54(72)62(79,40(6)11-2)59(77)85-36-43-22-16-13-17-23-43/h12-18,20-25,27-30,34,37-40,46,49-52,79H,10-11,19,26,31-33,35-36H2,1-9H3,(H,63,64)(H,65,74)(H,66,73)(H,67,78)/t39-,40?,46-,49-,50-,51-,52-,62?/m0/s1. The Morgan fingerprint density at radius 3 is 1.97 bits per heavy atom. The number of alkyl carbamates (subject to hydrolysis) is 1. The van der Waals surface area contributed by atoms with E-state index in [0.29, 0.717) is 21.8 Å². The number of amides is 5. The van der Waals surface area contributed by atoms with Crippen molar-refractivity contribution in [1.29, 1.82) is 0 Å². The third kappa shape index (κ3) is 16.6. The van der Waals surface area contributed by atoms with Gasteiger partial charge in [0.05, 0.1) is 27.9 Å². The quantitative estimate of drug-likeness (QED) is 0.0139. The Bertz CT molecular complexity index is 3180. The Morgan fingerprint density at radius 2 is 1.41 bits per heavy atom. The molecule has 0 bridgehead atoms. The number of ketones is 1. The van der Waals surface area contributed by atoms with Gasteiger partial charge in [0.25, 0.3) is 5.91 Å². The second-order valence-electron chi connectivity index (χ2n) is 22.8. The number of aliphatic hydroxyl groups is 1. The predicted molar refractivity (Wildman–Crippen MR) is 316 cm³/mol. The molecule has 1 saturated heterocycles. The van der Waals surface area contributed by atoms with E-state index in [1.807, 2.05) is 30.3 Å². The Balaban J connectivity index is 1.45. The van der Waals surface area contributed by atoms with Gasteiger partial charge in [-0.05, 0) is 86.8 Å². The lowest BCUT2D eigenvalue weighted by Gasteiger charge is -2.39. The zero-order valence-electron chi connectivity index (χ0n) is 49.9. The van der Waals surface area contributed by atoms with Crippen LogP contribution in [0.4, 0.5) is 21.9 Å². The summed E-state index contributed by atoms with van der Waals surface area (Å²) >= 11 is 0. The number of nitrogens with zero attached hydrogens (tertiary/aromatic N) is 5. The minimum Gasteiger partial charge on any atom is -0.489 e. The number of hydrogen-bond acceptors (Lipinski definition) is 16. The largest absolute Gasteiger partial charge is 0.489 e. The fourth-order valence-corrected chi connectivity index (χ4v) is 10.0. The maximum Gasteiger partial charge on any atom is 0.408 e. The van der Waals surface area contributed by atoms with Crippen LogP contribution in [-0.4, -0.2) is 119 Å². The number of imidazole rings is 1. The summed E-state index contributed by atoms with van der Waals surface area (Å²) in [6.45, 7) is 14.4. The summed E-state index contributed by atoms with van der Waals surface area (Å²) in [5.74, 6) is -8.34. The number of aromatic amines is 1. The predicted octanol–water partition coefficient (Wildman–Crippen LogP) is 7.64. The highest BCUT2D eigenvalue weighted by Crippen LogP contribution is 2.40. The van der Waals surface area contributed by atoms with E-state index in [-0.39, 0.29) is 57.6 Å². The number of para-hydroxylation sites is 1. The van der Waals surface area contributed by atoms with Gasteiger partial charge in [-0.25, -0.2) is 14.6 Å². The summed E-state index contributed by atoms with van der Waals surface area (Å²) in [5.41, 5.74) is -4.64. The topological polar surface area (TPSA) is 325 Å². The monoisotopic (exact) mass is 1190 g/mol. The van der Waals surface area contributed by atoms with E-state index in [2.05, 4.69) is 25.9 Å². The number of nitrogens with one attached hydrogen (secondary N) is 4. The molecule has 2 heterocycles. The number of likely N-dealkylation sites (tertiary alicyclic amines) is 1. The number of H-pyrrole nitrogens is 1. The number of anilines is 1. The van der Waals surface area contributed by atoms with Gasteiger partial charge in [0.1, 0.15) is 54.4 Å². The molecule has 8 atom stereocenters. The lowest BCUT2D eigenvalue weighted by atomic mass is 9.79. The molecule has 0 radical (unpaired) electrons. The summed E-state index contributed by atoms with van der Waals surface area (Å²) in [5, 5.41) is 46.3. The molecular weight excluding hydrogens is 1110 g/mol. The van der Waals surface area contributed by atoms with Crippen molar-refractivity contribution in [3.63, 3.8) is 0 Å². The molecule has 5 N–H and O–H groups in total. The van der Waals surface area contributed by atoms with E-state index in [1.54, 1.807) is 110 Å². The van der Waals surface area contributed by atoms with Gasteiger partial charge >= 0.3 is 23.4 Å². The molecular formula is C62H77N9O15. The normalized spacial score (nSPS) is 16.0. The van der Waals surface area contributed by atoms with E-state index >= 15 is 19.2 Å². The lowest BCUT2D eigenvalue weighted by molar-refractivity contribution is -0.422. The van der Waals surface area contributed by atoms with Crippen molar-refractivity contribution < 1.29 is 62.7 Å². The number of carbonyl (C=O) groups is 7. The number of carbonyl (C=O) groups excluding carboxylic acids is 7. The third-order valence-corrected chi connectivity index (χ3v) is 15.1. The Kier molecular flexibility index (Phi) is 22.8. The molecule has 0 spiro atoms. The molecule has 5 aromatic rings. The minimum absolute atomic E-state index is 0.0810. The molecule has 4 aromatic carbocycles. The summed E-state index contributed by atoms with van der Waals surface area (Å²) in [6.07, 6.45) is 1.27. The summed E-state index contributed by atoms with van der Waals surface area (Å²) < 4.78 is 17.0. The molecule has 5 amide bonds. The maximum atomic E-state index is 16.1. The number of esters is 1. The molecule has 24 heteroatoms. The maximum absolute atomic E-state index is 16.1. The third-order valence-electron chi connectivity index (χ3n) is 15.1. The van der Waals surface area contributed by atoms with E-state index < -0.39 is 134 Å². The number of hydrogen-bond donors (Lipinski definition) is 5. The fraction of sp³-hybridized carbons (Fsp3) is 0.452. The average molecular weight is 1190 g/mol. The fourth-order valence-electron chi connectivity index (χ4n) is 10.0. The molecule has 1 aliphatic rings. The van der Waals surface area contributed by atoms with Gasteiger partial charge in [-0.1, -0.05) is 127 Å². The Morgan fingerprint density at radius 1 is 0.767 bits per heavy atom. The van der Waals surface area contributed by atoms with Crippen molar-refractivity contribution in [3.8, 4) is 5.75 Å². The number of Topliss-reactive ketones (excluding diaryl/α,β-unsaturated/α-hetero) is 1. The van der Waals surface area contributed by atoms with Crippen LogP contribution < -0.4 is 25.6 Å².